The summed E-state index contributed by atoms with van der Waals surface area (Å²) in [5, 5.41) is 0.207. The molecule has 0 aliphatic carbocycles. The van der Waals surface area contributed by atoms with Gasteiger partial charge in [0.1, 0.15) is 18.1 Å². The molecular weight excluding hydrogens is 268 g/mol. The molecule has 19 heavy (non-hydrogen) atoms. The Bertz CT molecular complexity index is 469. The summed E-state index contributed by atoms with van der Waals surface area (Å²) in [6.45, 7) is 2.87. The molecule has 0 saturated carbocycles. The minimum absolute atomic E-state index is 0.207. The first kappa shape index (κ1) is 13.9. The highest BCUT2D eigenvalue weighted by molar-refractivity contribution is 6.32. The highest BCUT2D eigenvalue weighted by Gasteiger charge is 2.32. The summed E-state index contributed by atoms with van der Waals surface area (Å²) < 4.78 is 5.11. The number of esters is 1. The molecule has 0 radical (unpaired) electrons. The van der Waals surface area contributed by atoms with Crippen molar-refractivity contribution in [2.24, 2.45) is 0 Å². The molecular formula is C12H17ClN4O2. The smallest absolute Gasteiger partial charge is 0.328 e. The first-order chi connectivity index (χ1) is 9.15. The molecule has 1 saturated heterocycles. The predicted octanol–water partition coefficient (Wildman–Crippen LogP) is 1.63. The number of halogens is 1. The van der Waals surface area contributed by atoms with Crippen LogP contribution in [0.25, 0.3) is 0 Å². The summed E-state index contributed by atoms with van der Waals surface area (Å²) in [6.07, 6.45) is 4.06. The fraction of sp³-hybridized carbons (Fsp3) is 0.583. The van der Waals surface area contributed by atoms with E-state index in [1.807, 2.05) is 4.90 Å². The van der Waals surface area contributed by atoms with E-state index in [0.29, 0.717) is 24.7 Å². The van der Waals surface area contributed by atoms with E-state index in [9.17, 15) is 4.79 Å². The zero-order chi connectivity index (χ0) is 13.8. The third kappa shape index (κ3) is 2.89. The summed E-state index contributed by atoms with van der Waals surface area (Å²) in [7, 11) is 0. The third-order valence-corrected chi connectivity index (χ3v) is 3.45. The molecule has 2 N–H and O–H groups in total. The zero-order valence-electron chi connectivity index (χ0n) is 10.8. The average Bonchev–Trinajstić information content (AvgIpc) is 2.42. The number of anilines is 2. The molecule has 2 rings (SSSR count). The second-order valence-electron chi connectivity index (χ2n) is 4.36. The number of hydrogen-bond donors (Lipinski definition) is 1. The van der Waals surface area contributed by atoms with Gasteiger partial charge in [-0.3, -0.25) is 0 Å². The summed E-state index contributed by atoms with van der Waals surface area (Å²) in [4.78, 5) is 21.8. The Hall–Kier alpha value is -1.56. The molecule has 0 bridgehead atoms. The number of ether oxygens (including phenoxy) is 1. The van der Waals surface area contributed by atoms with Gasteiger partial charge in [0.25, 0.3) is 0 Å². The molecule has 0 aromatic carbocycles. The fourth-order valence-corrected chi connectivity index (χ4v) is 2.39. The number of hydrogen-bond acceptors (Lipinski definition) is 6. The van der Waals surface area contributed by atoms with Crippen LogP contribution < -0.4 is 10.6 Å². The van der Waals surface area contributed by atoms with E-state index < -0.39 is 0 Å². The minimum atomic E-state index is -0.345. The number of piperidine rings is 1. The van der Waals surface area contributed by atoms with Crippen LogP contribution in [0.5, 0.6) is 0 Å². The molecule has 6 nitrogen and oxygen atoms in total. The lowest BCUT2D eigenvalue weighted by molar-refractivity contribution is -0.145. The Labute approximate surface area is 116 Å². The highest BCUT2D eigenvalue weighted by atomic mass is 35.5. The van der Waals surface area contributed by atoms with Gasteiger partial charge in [-0.25, -0.2) is 14.8 Å². The Kier molecular flexibility index (Phi) is 4.42. The molecule has 1 aliphatic rings. The van der Waals surface area contributed by atoms with Crippen molar-refractivity contribution in [1.82, 2.24) is 9.97 Å². The van der Waals surface area contributed by atoms with Crippen molar-refractivity contribution in [3.63, 3.8) is 0 Å². The van der Waals surface area contributed by atoms with E-state index in [1.54, 1.807) is 6.92 Å². The zero-order valence-corrected chi connectivity index (χ0v) is 11.6. The maximum atomic E-state index is 12.0. The van der Waals surface area contributed by atoms with Crippen molar-refractivity contribution in [3.05, 3.63) is 11.5 Å². The Morgan fingerprint density at radius 1 is 1.58 bits per heavy atom. The number of rotatable bonds is 3. The van der Waals surface area contributed by atoms with Gasteiger partial charge < -0.3 is 15.4 Å². The van der Waals surface area contributed by atoms with Gasteiger partial charge in [0.2, 0.25) is 0 Å². The van der Waals surface area contributed by atoms with E-state index in [1.165, 1.54) is 6.33 Å². The molecule has 1 aromatic rings. The van der Waals surface area contributed by atoms with Crippen molar-refractivity contribution in [2.45, 2.75) is 32.2 Å². The summed E-state index contributed by atoms with van der Waals surface area (Å²) in [6, 6.07) is -0.345. The van der Waals surface area contributed by atoms with Crippen molar-refractivity contribution >= 4 is 29.1 Å². The number of aromatic nitrogens is 2. The van der Waals surface area contributed by atoms with Gasteiger partial charge in [-0.1, -0.05) is 11.6 Å². The lowest BCUT2D eigenvalue weighted by atomic mass is 10.0. The first-order valence-corrected chi connectivity index (χ1v) is 6.72. The summed E-state index contributed by atoms with van der Waals surface area (Å²) in [5.41, 5.74) is 6.20. The summed E-state index contributed by atoms with van der Waals surface area (Å²) >= 11 is 5.90. The van der Waals surface area contributed by atoms with Gasteiger partial charge in [-0.05, 0) is 26.2 Å². The van der Waals surface area contributed by atoms with Crippen molar-refractivity contribution in [2.75, 3.05) is 23.8 Å². The largest absolute Gasteiger partial charge is 0.464 e. The Balaban J connectivity index is 2.29. The van der Waals surface area contributed by atoms with Crippen LogP contribution in [0.4, 0.5) is 11.5 Å². The van der Waals surface area contributed by atoms with Crippen LogP contribution in [0, 0.1) is 0 Å². The second kappa shape index (κ2) is 6.06. The van der Waals surface area contributed by atoms with Crippen LogP contribution in [0.2, 0.25) is 5.15 Å². The van der Waals surface area contributed by atoms with E-state index >= 15 is 0 Å². The van der Waals surface area contributed by atoms with Gasteiger partial charge in [0.05, 0.1) is 6.61 Å². The number of carbonyl (C=O) groups excluding carboxylic acids is 1. The normalized spacial score (nSPS) is 19.3. The molecule has 1 aromatic heterocycles. The molecule has 1 fully saturated rings. The van der Waals surface area contributed by atoms with Gasteiger partial charge >= 0.3 is 5.97 Å². The van der Waals surface area contributed by atoms with Gasteiger partial charge in [-0.15, -0.1) is 0 Å². The topological polar surface area (TPSA) is 81.3 Å². The maximum Gasteiger partial charge on any atom is 0.328 e. The SMILES string of the molecule is CCOC(=O)C1CCCCN1c1ncnc(Cl)c1N. The third-order valence-electron chi connectivity index (χ3n) is 3.15. The standard InChI is InChI=1S/C12H17ClN4O2/c1-2-19-12(18)8-5-3-4-6-17(8)11-9(14)10(13)15-7-16-11/h7-8H,2-6,14H2,1H3. The highest BCUT2D eigenvalue weighted by Crippen LogP contribution is 2.31. The molecule has 0 amide bonds. The van der Waals surface area contributed by atoms with Crippen LogP contribution in [0.3, 0.4) is 0 Å². The number of nitrogens with two attached hydrogens (primary N) is 1. The fourth-order valence-electron chi connectivity index (χ4n) is 2.26. The lowest BCUT2D eigenvalue weighted by Gasteiger charge is -2.35. The van der Waals surface area contributed by atoms with Gasteiger partial charge in [0.15, 0.2) is 11.0 Å². The molecule has 2 heterocycles. The van der Waals surface area contributed by atoms with Crippen LogP contribution in [-0.4, -0.2) is 35.1 Å². The molecule has 7 heteroatoms. The monoisotopic (exact) mass is 284 g/mol. The Morgan fingerprint density at radius 2 is 2.37 bits per heavy atom. The molecule has 1 unspecified atom stereocenters. The number of carbonyl (C=O) groups is 1. The number of nitrogen functional groups attached to an aromatic ring is 1. The van der Waals surface area contributed by atoms with Gasteiger partial charge in [0, 0.05) is 6.54 Å². The van der Waals surface area contributed by atoms with E-state index in [4.69, 9.17) is 22.1 Å². The van der Waals surface area contributed by atoms with Crippen molar-refractivity contribution < 1.29 is 9.53 Å². The number of nitrogens with zero attached hydrogens (tertiary/aromatic N) is 3. The van der Waals surface area contributed by atoms with Crippen LogP contribution in [0.1, 0.15) is 26.2 Å². The molecule has 0 spiro atoms. The van der Waals surface area contributed by atoms with E-state index in [-0.39, 0.29) is 17.2 Å². The summed E-state index contributed by atoms with van der Waals surface area (Å²) in [5.74, 6) is 0.272. The molecule has 1 aliphatic heterocycles. The predicted molar refractivity (Wildman–Crippen MR) is 73.1 cm³/mol. The lowest BCUT2D eigenvalue weighted by Crippen LogP contribution is -2.46. The molecule has 104 valence electrons. The average molecular weight is 285 g/mol. The Morgan fingerprint density at radius 3 is 3.11 bits per heavy atom. The van der Waals surface area contributed by atoms with E-state index in [0.717, 1.165) is 19.3 Å². The van der Waals surface area contributed by atoms with Crippen LogP contribution in [-0.2, 0) is 9.53 Å². The quantitative estimate of drug-likeness (QED) is 0.671. The van der Waals surface area contributed by atoms with E-state index in [2.05, 4.69) is 9.97 Å². The van der Waals surface area contributed by atoms with Gasteiger partial charge in [-0.2, -0.15) is 0 Å². The van der Waals surface area contributed by atoms with Crippen LogP contribution in [0.15, 0.2) is 6.33 Å². The first-order valence-electron chi connectivity index (χ1n) is 6.34. The van der Waals surface area contributed by atoms with Crippen molar-refractivity contribution in [1.29, 1.82) is 0 Å². The maximum absolute atomic E-state index is 12.0. The van der Waals surface area contributed by atoms with Crippen LogP contribution >= 0.6 is 11.6 Å². The minimum Gasteiger partial charge on any atom is -0.464 e. The molecule has 1 atom stereocenters. The second-order valence-corrected chi connectivity index (χ2v) is 4.72. The van der Waals surface area contributed by atoms with Crippen molar-refractivity contribution in [3.8, 4) is 0 Å².